The monoisotopic (exact) mass is 345 g/mol. The molecule has 0 spiro atoms. The van der Waals surface area contributed by atoms with Crippen molar-refractivity contribution < 1.29 is 9.53 Å². The summed E-state index contributed by atoms with van der Waals surface area (Å²) < 4.78 is 5.98. The van der Waals surface area contributed by atoms with Gasteiger partial charge < -0.3 is 19.4 Å². The lowest BCUT2D eigenvalue weighted by Crippen LogP contribution is -2.60. The minimum Gasteiger partial charge on any atom is -0.377 e. The normalized spacial score (nSPS) is 30.4. The number of hydrogen-bond donors (Lipinski definition) is 0. The van der Waals surface area contributed by atoms with Crippen LogP contribution in [0.1, 0.15) is 18.5 Å². The van der Waals surface area contributed by atoms with Crippen LogP contribution in [0.4, 0.5) is 5.82 Å². The number of carbonyl (C=O) groups is 1. The van der Waals surface area contributed by atoms with Gasteiger partial charge in [0.15, 0.2) is 5.82 Å². The molecule has 0 aromatic carbocycles. The van der Waals surface area contributed by atoms with Crippen molar-refractivity contribution in [2.45, 2.75) is 25.9 Å². The molecule has 7 nitrogen and oxygen atoms in total. The van der Waals surface area contributed by atoms with E-state index >= 15 is 0 Å². The zero-order valence-electron chi connectivity index (χ0n) is 15.1. The maximum Gasteiger partial charge on any atom is 0.233 e. The maximum atomic E-state index is 13.5. The quantitative estimate of drug-likeness (QED) is 0.780. The van der Waals surface area contributed by atoms with E-state index in [1.165, 1.54) is 0 Å². The Morgan fingerprint density at radius 2 is 2.00 bits per heavy atom. The second kappa shape index (κ2) is 6.53. The summed E-state index contributed by atoms with van der Waals surface area (Å²) in [5.74, 6) is 1.13. The lowest BCUT2D eigenvalue weighted by atomic mass is 9.75. The Balaban J connectivity index is 1.56. The van der Waals surface area contributed by atoms with Crippen LogP contribution >= 0.6 is 0 Å². The van der Waals surface area contributed by atoms with Crippen molar-refractivity contribution in [1.82, 2.24) is 20.0 Å². The molecular weight excluding hydrogens is 318 g/mol. The number of rotatable bonds is 2. The van der Waals surface area contributed by atoms with E-state index in [1.54, 1.807) is 0 Å². The molecular formula is C18H27N5O2. The fourth-order valence-corrected chi connectivity index (χ4v) is 4.33. The number of aromatic nitrogens is 2. The lowest BCUT2D eigenvalue weighted by molar-refractivity contribution is -0.147. The van der Waals surface area contributed by atoms with E-state index in [-0.39, 0.29) is 12.0 Å². The van der Waals surface area contributed by atoms with Gasteiger partial charge in [0.2, 0.25) is 5.91 Å². The first-order valence-electron chi connectivity index (χ1n) is 9.23. The summed E-state index contributed by atoms with van der Waals surface area (Å²) in [4.78, 5) is 20.0. The molecule has 2 atom stereocenters. The lowest BCUT2D eigenvalue weighted by Gasteiger charge is -2.46. The van der Waals surface area contributed by atoms with E-state index in [1.807, 2.05) is 24.0 Å². The van der Waals surface area contributed by atoms with Crippen molar-refractivity contribution in [1.29, 1.82) is 0 Å². The molecule has 0 radical (unpaired) electrons. The van der Waals surface area contributed by atoms with Gasteiger partial charge in [0, 0.05) is 45.9 Å². The van der Waals surface area contributed by atoms with E-state index < -0.39 is 5.41 Å². The maximum absolute atomic E-state index is 13.5. The van der Waals surface area contributed by atoms with Crippen molar-refractivity contribution in [3.05, 3.63) is 17.8 Å². The van der Waals surface area contributed by atoms with Gasteiger partial charge in [0.1, 0.15) is 0 Å². The van der Waals surface area contributed by atoms with Crippen molar-refractivity contribution >= 4 is 11.7 Å². The second-order valence-electron chi connectivity index (χ2n) is 7.60. The Labute approximate surface area is 148 Å². The summed E-state index contributed by atoms with van der Waals surface area (Å²) in [6.45, 7) is 7.67. The summed E-state index contributed by atoms with van der Waals surface area (Å²) >= 11 is 0. The Morgan fingerprint density at radius 1 is 1.20 bits per heavy atom. The van der Waals surface area contributed by atoms with Crippen LogP contribution in [0.3, 0.4) is 0 Å². The number of piperidine rings is 1. The van der Waals surface area contributed by atoms with Gasteiger partial charge in [0.05, 0.1) is 17.2 Å². The number of hydrogen-bond acceptors (Lipinski definition) is 6. The first kappa shape index (κ1) is 16.7. The predicted molar refractivity (Wildman–Crippen MR) is 94.5 cm³/mol. The predicted octanol–water partition coefficient (Wildman–Crippen LogP) is 0.544. The number of fused-ring (bicyclic) bond motifs is 1. The fraction of sp³-hybridized carbons (Fsp3) is 0.722. The summed E-state index contributed by atoms with van der Waals surface area (Å²) in [7, 11) is 2.11. The number of likely N-dealkylation sites (N-methyl/N-ethyl adjacent to an activating group) is 1. The summed E-state index contributed by atoms with van der Waals surface area (Å²) in [6.07, 6.45) is 1.71. The summed E-state index contributed by atoms with van der Waals surface area (Å²) in [6, 6.07) is 3.99. The first-order chi connectivity index (χ1) is 12.1. The molecule has 0 N–H and O–H groups in total. The second-order valence-corrected chi connectivity index (χ2v) is 7.60. The molecule has 1 aromatic rings. The molecule has 7 heteroatoms. The molecule has 1 aromatic heterocycles. The zero-order valence-corrected chi connectivity index (χ0v) is 15.1. The van der Waals surface area contributed by atoms with Crippen molar-refractivity contribution in [2.24, 2.45) is 5.41 Å². The minimum absolute atomic E-state index is 0.0364. The highest BCUT2D eigenvalue weighted by Crippen LogP contribution is 2.43. The Morgan fingerprint density at radius 3 is 2.72 bits per heavy atom. The number of carbonyl (C=O) groups excluding carboxylic acids is 1. The van der Waals surface area contributed by atoms with Crippen LogP contribution in [-0.4, -0.2) is 84.9 Å². The summed E-state index contributed by atoms with van der Waals surface area (Å²) in [5.41, 5.74) is 0.479. The Bertz CT molecular complexity index is 629. The topological polar surface area (TPSA) is 61.8 Å². The average molecular weight is 345 g/mol. The van der Waals surface area contributed by atoms with Gasteiger partial charge in [-0.25, -0.2) is 0 Å². The van der Waals surface area contributed by atoms with Gasteiger partial charge in [-0.3, -0.25) is 4.79 Å². The molecule has 3 fully saturated rings. The number of anilines is 1. The van der Waals surface area contributed by atoms with Crippen LogP contribution in [-0.2, 0) is 9.53 Å². The first-order valence-corrected chi connectivity index (χ1v) is 9.23. The zero-order chi connectivity index (χ0) is 17.4. The van der Waals surface area contributed by atoms with Crippen LogP contribution in [0, 0.1) is 12.3 Å². The highest BCUT2D eigenvalue weighted by molar-refractivity contribution is 5.85. The van der Waals surface area contributed by atoms with Crippen LogP contribution in [0.25, 0.3) is 0 Å². The molecule has 3 aliphatic rings. The molecule has 136 valence electrons. The van der Waals surface area contributed by atoms with Crippen molar-refractivity contribution in [2.75, 3.05) is 57.8 Å². The van der Waals surface area contributed by atoms with Crippen LogP contribution in [0.5, 0.6) is 0 Å². The number of ether oxygens (including phenoxy) is 1. The van der Waals surface area contributed by atoms with E-state index in [0.717, 1.165) is 57.1 Å². The van der Waals surface area contributed by atoms with Gasteiger partial charge in [-0.2, -0.15) is 5.10 Å². The SMILES string of the molecule is Cc1ccc(N2CC[C@H]3OCC[C@@]3(C(=O)N3CCN(C)CC3)C2)nn1. The van der Waals surface area contributed by atoms with Crippen molar-refractivity contribution in [3.8, 4) is 0 Å². The van der Waals surface area contributed by atoms with E-state index in [2.05, 4.69) is 27.0 Å². The molecule has 25 heavy (non-hydrogen) atoms. The molecule has 0 aliphatic carbocycles. The van der Waals surface area contributed by atoms with Gasteiger partial charge in [-0.15, -0.1) is 5.10 Å². The van der Waals surface area contributed by atoms with Crippen LogP contribution in [0.2, 0.25) is 0 Å². The molecule has 4 heterocycles. The molecule has 0 bridgehead atoms. The van der Waals surface area contributed by atoms with Crippen molar-refractivity contribution in [3.63, 3.8) is 0 Å². The molecule has 4 rings (SSSR count). The average Bonchev–Trinajstić information content (AvgIpc) is 3.06. The molecule has 3 aliphatic heterocycles. The number of nitrogens with zero attached hydrogens (tertiary/aromatic N) is 5. The van der Waals surface area contributed by atoms with Crippen LogP contribution < -0.4 is 4.90 Å². The van der Waals surface area contributed by atoms with E-state index in [0.29, 0.717) is 13.2 Å². The molecule has 3 saturated heterocycles. The summed E-state index contributed by atoms with van der Waals surface area (Å²) in [5, 5.41) is 8.51. The van der Waals surface area contributed by atoms with Gasteiger partial charge in [-0.05, 0) is 38.9 Å². The molecule has 1 amide bonds. The third-order valence-corrected chi connectivity index (χ3v) is 5.94. The Kier molecular flexibility index (Phi) is 4.37. The largest absolute Gasteiger partial charge is 0.377 e. The van der Waals surface area contributed by atoms with E-state index in [4.69, 9.17) is 4.74 Å². The number of piperazine rings is 1. The third kappa shape index (κ3) is 3.00. The van der Waals surface area contributed by atoms with Crippen LogP contribution in [0.15, 0.2) is 12.1 Å². The molecule has 0 saturated carbocycles. The fourth-order valence-electron chi connectivity index (χ4n) is 4.33. The highest BCUT2D eigenvalue weighted by Gasteiger charge is 2.55. The van der Waals surface area contributed by atoms with Gasteiger partial charge in [-0.1, -0.05) is 0 Å². The van der Waals surface area contributed by atoms with E-state index in [9.17, 15) is 4.79 Å². The molecule has 0 unspecified atom stereocenters. The Hall–Kier alpha value is -1.73. The number of aryl methyl sites for hydroxylation is 1. The van der Waals surface area contributed by atoms with Gasteiger partial charge >= 0.3 is 0 Å². The van der Waals surface area contributed by atoms with Gasteiger partial charge in [0.25, 0.3) is 0 Å². The number of amides is 1. The standard InChI is InChI=1S/C18H27N5O2/c1-14-3-4-16(20-19-14)23-7-5-15-18(13-23,6-12-25-15)17(24)22-10-8-21(2)9-11-22/h3-4,15H,5-13H2,1-2H3/t15-,18-/m1/s1. The smallest absolute Gasteiger partial charge is 0.233 e. The minimum atomic E-state index is -0.430. The highest BCUT2D eigenvalue weighted by atomic mass is 16.5. The third-order valence-electron chi connectivity index (χ3n) is 5.94.